The van der Waals surface area contributed by atoms with Crippen molar-refractivity contribution in [1.29, 1.82) is 0 Å². The third kappa shape index (κ3) is 4.35. The molecule has 1 fully saturated rings. The van der Waals surface area contributed by atoms with Gasteiger partial charge in [0.05, 0.1) is 24.5 Å². The van der Waals surface area contributed by atoms with E-state index < -0.39 is 0 Å². The van der Waals surface area contributed by atoms with Crippen LogP contribution in [0.15, 0.2) is 54.2 Å². The number of imide groups is 1. The molecule has 0 saturated carbocycles. The minimum absolute atomic E-state index is 0.270. The Labute approximate surface area is 189 Å². The highest BCUT2D eigenvalue weighted by Gasteiger charge is 2.42. The quantitative estimate of drug-likeness (QED) is 0.567. The van der Waals surface area contributed by atoms with Crippen LogP contribution >= 0.6 is 0 Å². The molecule has 6 nitrogen and oxygen atoms in total. The molecule has 2 aromatic carbocycles. The van der Waals surface area contributed by atoms with Gasteiger partial charge in [-0.3, -0.25) is 9.59 Å². The molecule has 0 bridgehead atoms. The molecule has 2 amide bonds. The second kappa shape index (κ2) is 9.90. The summed E-state index contributed by atoms with van der Waals surface area (Å²) in [4.78, 5) is 30.7. The summed E-state index contributed by atoms with van der Waals surface area (Å²) in [6, 6.07) is 14.6. The van der Waals surface area contributed by atoms with Crippen LogP contribution in [-0.4, -0.2) is 43.0 Å². The molecule has 2 heterocycles. The maximum atomic E-state index is 13.7. The van der Waals surface area contributed by atoms with Crippen molar-refractivity contribution in [3.05, 3.63) is 59.8 Å². The second-order valence-corrected chi connectivity index (χ2v) is 8.02. The standard InChI is InChI=1S/C26H30N2O4/c1-3-17-32-22-10-8-9-20(18-22)28-25(29)23(19-11-13-21(14-12-19)31-4-2)24(26(28)30)27-15-6-5-7-16-27/h8-14,18H,3-7,15-17H2,1-2H3. The Morgan fingerprint density at radius 3 is 2.28 bits per heavy atom. The van der Waals surface area contributed by atoms with Gasteiger partial charge in [-0.25, -0.2) is 4.90 Å². The number of nitrogens with zero attached hydrogens (tertiary/aromatic N) is 2. The van der Waals surface area contributed by atoms with Gasteiger partial charge >= 0.3 is 0 Å². The van der Waals surface area contributed by atoms with Crippen LogP contribution in [-0.2, 0) is 9.59 Å². The summed E-state index contributed by atoms with van der Waals surface area (Å²) in [5.41, 5.74) is 2.22. The van der Waals surface area contributed by atoms with Crippen molar-refractivity contribution in [2.45, 2.75) is 39.5 Å². The molecule has 6 heteroatoms. The molecule has 0 aliphatic carbocycles. The summed E-state index contributed by atoms with van der Waals surface area (Å²) in [7, 11) is 0. The maximum absolute atomic E-state index is 13.7. The van der Waals surface area contributed by atoms with Crippen LogP contribution in [0, 0.1) is 0 Å². The van der Waals surface area contributed by atoms with Gasteiger partial charge in [0.25, 0.3) is 11.8 Å². The maximum Gasteiger partial charge on any atom is 0.282 e. The molecule has 32 heavy (non-hydrogen) atoms. The molecule has 0 unspecified atom stereocenters. The summed E-state index contributed by atoms with van der Waals surface area (Å²) < 4.78 is 11.3. The summed E-state index contributed by atoms with van der Waals surface area (Å²) >= 11 is 0. The van der Waals surface area contributed by atoms with Crippen LogP contribution < -0.4 is 14.4 Å². The van der Waals surface area contributed by atoms with E-state index in [2.05, 4.69) is 4.90 Å². The monoisotopic (exact) mass is 434 g/mol. The van der Waals surface area contributed by atoms with E-state index in [-0.39, 0.29) is 11.8 Å². The Hall–Kier alpha value is -3.28. The molecule has 0 atom stereocenters. The lowest BCUT2D eigenvalue weighted by Crippen LogP contribution is -2.37. The highest BCUT2D eigenvalue weighted by atomic mass is 16.5. The van der Waals surface area contributed by atoms with Gasteiger partial charge in [-0.15, -0.1) is 0 Å². The van der Waals surface area contributed by atoms with E-state index >= 15 is 0 Å². The Morgan fingerprint density at radius 1 is 0.844 bits per heavy atom. The van der Waals surface area contributed by atoms with Crippen molar-refractivity contribution in [3.8, 4) is 11.5 Å². The largest absolute Gasteiger partial charge is 0.494 e. The van der Waals surface area contributed by atoms with Crippen molar-refractivity contribution >= 4 is 23.1 Å². The Kier molecular flexibility index (Phi) is 6.78. The lowest BCUT2D eigenvalue weighted by atomic mass is 10.0. The molecule has 0 spiro atoms. The number of hydrogen-bond donors (Lipinski definition) is 0. The fourth-order valence-corrected chi connectivity index (χ4v) is 4.24. The number of anilines is 1. The second-order valence-electron chi connectivity index (χ2n) is 8.02. The van der Waals surface area contributed by atoms with Crippen LogP contribution in [0.2, 0.25) is 0 Å². The van der Waals surface area contributed by atoms with Crippen molar-refractivity contribution in [3.63, 3.8) is 0 Å². The van der Waals surface area contributed by atoms with E-state index in [1.54, 1.807) is 12.1 Å². The van der Waals surface area contributed by atoms with Crippen molar-refractivity contribution in [1.82, 2.24) is 4.90 Å². The predicted octanol–water partition coefficient (Wildman–Crippen LogP) is 4.64. The van der Waals surface area contributed by atoms with Gasteiger partial charge in [0.15, 0.2) is 0 Å². The molecule has 2 aliphatic heterocycles. The molecule has 0 N–H and O–H groups in total. The number of ether oxygens (including phenoxy) is 2. The Morgan fingerprint density at radius 2 is 1.59 bits per heavy atom. The number of rotatable bonds is 8. The normalized spacial score (nSPS) is 16.7. The Balaban J connectivity index is 1.73. The van der Waals surface area contributed by atoms with Gasteiger partial charge in [0.1, 0.15) is 17.2 Å². The number of carbonyl (C=O) groups is 2. The SMILES string of the molecule is CCCOc1cccc(N2C(=O)C(c3ccc(OCC)cc3)=C(N3CCCCC3)C2=O)c1. The average Bonchev–Trinajstić information content (AvgIpc) is 3.09. The lowest BCUT2D eigenvalue weighted by molar-refractivity contribution is -0.120. The zero-order chi connectivity index (χ0) is 22.5. The van der Waals surface area contributed by atoms with Crippen LogP contribution in [0.4, 0.5) is 5.69 Å². The molecule has 4 rings (SSSR count). The van der Waals surface area contributed by atoms with Crippen LogP contribution in [0.3, 0.4) is 0 Å². The van der Waals surface area contributed by atoms with Crippen molar-refractivity contribution in [2.24, 2.45) is 0 Å². The predicted molar refractivity (Wildman–Crippen MR) is 125 cm³/mol. The van der Waals surface area contributed by atoms with Gasteiger partial charge in [0.2, 0.25) is 0 Å². The highest BCUT2D eigenvalue weighted by molar-refractivity contribution is 6.45. The van der Waals surface area contributed by atoms with Gasteiger partial charge in [-0.1, -0.05) is 25.1 Å². The number of carbonyl (C=O) groups excluding carboxylic acids is 2. The first-order valence-corrected chi connectivity index (χ1v) is 11.5. The first-order valence-electron chi connectivity index (χ1n) is 11.5. The third-order valence-electron chi connectivity index (χ3n) is 5.73. The highest BCUT2D eigenvalue weighted by Crippen LogP contribution is 2.37. The van der Waals surface area contributed by atoms with E-state index in [0.29, 0.717) is 35.9 Å². The first kappa shape index (κ1) is 21.9. The number of likely N-dealkylation sites (tertiary alicyclic amines) is 1. The van der Waals surface area contributed by atoms with Gasteiger partial charge in [0, 0.05) is 19.2 Å². The minimum Gasteiger partial charge on any atom is -0.494 e. The number of hydrogen-bond acceptors (Lipinski definition) is 5. The van der Waals surface area contributed by atoms with Gasteiger partial charge < -0.3 is 14.4 Å². The number of benzene rings is 2. The van der Waals surface area contributed by atoms with Crippen LogP contribution in [0.5, 0.6) is 11.5 Å². The summed E-state index contributed by atoms with van der Waals surface area (Å²) in [5.74, 6) is 0.825. The topological polar surface area (TPSA) is 59.1 Å². The summed E-state index contributed by atoms with van der Waals surface area (Å²) in [6.45, 7) is 6.68. The van der Waals surface area contributed by atoms with E-state index in [1.165, 1.54) is 4.90 Å². The average molecular weight is 435 g/mol. The first-order chi connectivity index (χ1) is 15.6. The number of amides is 2. The summed E-state index contributed by atoms with van der Waals surface area (Å²) in [6.07, 6.45) is 4.06. The van der Waals surface area contributed by atoms with Gasteiger partial charge in [-0.2, -0.15) is 0 Å². The zero-order valence-corrected chi connectivity index (χ0v) is 18.8. The fraction of sp³-hybridized carbons (Fsp3) is 0.385. The summed E-state index contributed by atoms with van der Waals surface area (Å²) in [5, 5.41) is 0. The molecular weight excluding hydrogens is 404 g/mol. The van der Waals surface area contributed by atoms with Crippen LogP contribution in [0.25, 0.3) is 5.57 Å². The van der Waals surface area contributed by atoms with Crippen molar-refractivity contribution in [2.75, 3.05) is 31.2 Å². The van der Waals surface area contributed by atoms with E-state index in [4.69, 9.17) is 9.47 Å². The molecule has 0 radical (unpaired) electrons. The van der Waals surface area contributed by atoms with Crippen LogP contribution in [0.1, 0.15) is 45.1 Å². The molecule has 2 aliphatic rings. The Bertz CT molecular complexity index is 1010. The lowest BCUT2D eigenvalue weighted by Gasteiger charge is -2.29. The van der Waals surface area contributed by atoms with E-state index in [9.17, 15) is 9.59 Å². The smallest absolute Gasteiger partial charge is 0.282 e. The molecule has 168 valence electrons. The van der Waals surface area contributed by atoms with Gasteiger partial charge in [-0.05, 0) is 62.4 Å². The molecule has 0 aromatic heterocycles. The third-order valence-corrected chi connectivity index (χ3v) is 5.73. The number of piperidine rings is 1. The minimum atomic E-state index is -0.299. The molecule has 1 saturated heterocycles. The molecule has 2 aromatic rings. The fourth-order valence-electron chi connectivity index (χ4n) is 4.24. The van der Waals surface area contributed by atoms with Crippen molar-refractivity contribution < 1.29 is 19.1 Å². The van der Waals surface area contributed by atoms with E-state index in [0.717, 1.165) is 50.1 Å². The zero-order valence-electron chi connectivity index (χ0n) is 18.8. The van der Waals surface area contributed by atoms with E-state index in [1.807, 2.05) is 50.2 Å². The molecular formula is C26H30N2O4.